The summed E-state index contributed by atoms with van der Waals surface area (Å²) in [6, 6.07) is 1.23. The van der Waals surface area contributed by atoms with Crippen molar-refractivity contribution >= 4 is 58.5 Å². The Morgan fingerprint density at radius 2 is 1.85 bits per heavy atom. The number of phenolic OH excluding ortho intramolecular Hbond substituents is 2. The number of hydrogen-bond donors (Lipinski definition) is 7. The Morgan fingerprint density at radius 1 is 1.15 bits per heavy atom. The number of carboxylic acid groups (broad SMARTS) is 1. The number of hydrogen-bond acceptors (Lipinski definition) is 11. The number of benzene rings is 2. The summed E-state index contributed by atoms with van der Waals surface area (Å²) in [6.07, 6.45) is -0.728. The maximum Gasteiger partial charge on any atom is 0.526 e. The van der Waals surface area contributed by atoms with Crippen molar-refractivity contribution in [2.24, 2.45) is 5.14 Å². The molecule has 17 nitrogen and oxygen atoms in total. The van der Waals surface area contributed by atoms with Gasteiger partial charge >= 0.3 is 30.9 Å². The lowest BCUT2D eigenvalue weighted by Gasteiger charge is -2.33. The number of Topliss-reactive ketones (excluding diaryl/α,β-unsaturated/α-hetero) is 1. The lowest BCUT2D eigenvalue weighted by atomic mass is 9.64. The number of aromatic hydroxyl groups is 2. The van der Waals surface area contributed by atoms with Gasteiger partial charge in [0.25, 0.3) is 10.2 Å². The summed E-state index contributed by atoms with van der Waals surface area (Å²) < 4.78 is 43.5. The van der Waals surface area contributed by atoms with Crippen LogP contribution in [-0.4, -0.2) is 101 Å². The molecule has 46 heavy (non-hydrogen) atoms. The van der Waals surface area contributed by atoms with E-state index in [2.05, 4.69) is 5.32 Å². The fourth-order valence-electron chi connectivity index (χ4n) is 4.98. The normalized spacial score (nSPS) is 17.3. The van der Waals surface area contributed by atoms with Crippen LogP contribution in [0.3, 0.4) is 0 Å². The molecular formula is C25H26BClFN5O12S. The van der Waals surface area contributed by atoms with Gasteiger partial charge in [-0.2, -0.15) is 8.42 Å². The zero-order valence-electron chi connectivity index (χ0n) is 23.5. The van der Waals surface area contributed by atoms with Crippen molar-refractivity contribution in [3.05, 3.63) is 51.8 Å². The molecule has 2 aliphatic rings. The van der Waals surface area contributed by atoms with Gasteiger partial charge in [-0.1, -0.05) is 23.7 Å². The molecule has 2 aromatic rings. The first-order valence-electron chi connectivity index (χ1n) is 13.3. The van der Waals surface area contributed by atoms with E-state index in [0.29, 0.717) is 4.90 Å². The van der Waals surface area contributed by atoms with Crippen LogP contribution < -0.4 is 19.8 Å². The number of urea groups is 1. The van der Waals surface area contributed by atoms with Crippen molar-refractivity contribution < 1.29 is 61.8 Å². The Labute approximate surface area is 265 Å². The highest BCUT2D eigenvalue weighted by atomic mass is 35.5. The van der Waals surface area contributed by atoms with E-state index in [9.17, 15) is 57.1 Å². The van der Waals surface area contributed by atoms with E-state index in [1.165, 1.54) is 6.07 Å². The van der Waals surface area contributed by atoms with Crippen molar-refractivity contribution in [1.82, 2.24) is 19.8 Å². The minimum Gasteiger partial charge on any atom is -0.535 e. The van der Waals surface area contributed by atoms with Crippen LogP contribution in [0.4, 0.5) is 9.18 Å². The summed E-state index contributed by atoms with van der Waals surface area (Å²) in [5.41, 5.74) is -0.870. The van der Waals surface area contributed by atoms with Crippen LogP contribution in [0, 0.1) is 5.82 Å². The van der Waals surface area contributed by atoms with Crippen LogP contribution in [0.2, 0.25) is 10.8 Å². The standard InChI is InChI=1S/C25H26BClFN5O12S/c27-18-13(2-4-15(34)20(18)36)19(31-25(41)33-8-7-32(22(37)23(33)38)6-5-30-46(29,43)44)16(35)10-12-9-11-1-3-14(28)17(24(39)40)21(11)45-26(12)42/h1-4,12,19,30,34,36,42H,5-10H2,(H,31,41)(H,39,40)(H2,29,43,44)/t12-,19-/m1/s1. The Bertz CT molecular complexity index is 1730. The van der Waals surface area contributed by atoms with E-state index in [-0.39, 0.29) is 43.7 Å². The number of carbonyl (C=O) groups is 5. The molecule has 0 bridgehead atoms. The van der Waals surface area contributed by atoms with E-state index in [1.807, 2.05) is 4.72 Å². The SMILES string of the molecule is NS(=O)(=O)NCCN1CCN(C(=O)N[C@@H](C(=O)C[C@H]2Cc3ccc(F)c(C(=O)O)c3OB2O)c2ccc(O)c(O)c2Cl)C(=O)C1=O. The van der Waals surface area contributed by atoms with Gasteiger partial charge in [-0.3, -0.25) is 19.3 Å². The minimum absolute atomic E-state index is 0.159. The van der Waals surface area contributed by atoms with Gasteiger partial charge in [-0.15, -0.1) is 0 Å². The van der Waals surface area contributed by atoms with Crippen LogP contribution in [0.25, 0.3) is 0 Å². The van der Waals surface area contributed by atoms with Gasteiger partial charge in [0.2, 0.25) is 0 Å². The maximum absolute atomic E-state index is 14.1. The number of imide groups is 1. The predicted molar refractivity (Wildman–Crippen MR) is 154 cm³/mol. The van der Waals surface area contributed by atoms with Gasteiger partial charge in [-0.05, 0) is 24.1 Å². The molecule has 0 saturated carbocycles. The number of nitrogens with one attached hydrogen (secondary N) is 2. The molecule has 2 aliphatic heterocycles. The average Bonchev–Trinajstić information content (AvgIpc) is 2.97. The molecule has 0 aliphatic carbocycles. The molecule has 0 spiro atoms. The number of fused-ring (bicyclic) bond motifs is 1. The molecule has 4 amide bonds. The molecule has 0 radical (unpaired) electrons. The van der Waals surface area contributed by atoms with Crippen molar-refractivity contribution in [1.29, 1.82) is 0 Å². The van der Waals surface area contributed by atoms with Gasteiger partial charge in [0.15, 0.2) is 17.3 Å². The molecule has 4 rings (SSSR count). The molecule has 0 aromatic heterocycles. The Kier molecular flexibility index (Phi) is 10.1. The van der Waals surface area contributed by atoms with E-state index in [4.69, 9.17) is 21.4 Å². The summed E-state index contributed by atoms with van der Waals surface area (Å²) in [4.78, 5) is 65.3. The maximum atomic E-state index is 14.1. The Hall–Kier alpha value is -4.50. The first-order chi connectivity index (χ1) is 21.5. The third kappa shape index (κ3) is 7.31. The first-order valence-corrected chi connectivity index (χ1v) is 15.2. The summed E-state index contributed by atoms with van der Waals surface area (Å²) in [6.45, 7) is -1.12. The highest BCUT2D eigenvalue weighted by Crippen LogP contribution is 2.41. The van der Waals surface area contributed by atoms with Gasteiger partial charge < -0.3 is 35.2 Å². The van der Waals surface area contributed by atoms with Gasteiger partial charge in [0.05, 0.1) is 5.02 Å². The summed E-state index contributed by atoms with van der Waals surface area (Å²) in [5, 5.41) is 46.6. The molecule has 21 heteroatoms. The molecule has 8 N–H and O–H groups in total. The van der Waals surface area contributed by atoms with E-state index >= 15 is 0 Å². The lowest BCUT2D eigenvalue weighted by Crippen LogP contribution is -2.59. The molecule has 0 unspecified atom stereocenters. The number of halogens is 2. The smallest absolute Gasteiger partial charge is 0.526 e. The predicted octanol–water partition coefficient (Wildman–Crippen LogP) is -0.752. The number of nitrogens with two attached hydrogens (primary N) is 1. The number of amides is 4. The zero-order chi connectivity index (χ0) is 34.1. The molecule has 246 valence electrons. The monoisotopic (exact) mass is 685 g/mol. The highest BCUT2D eigenvalue weighted by molar-refractivity contribution is 7.87. The van der Waals surface area contributed by atoms with Gasteiger partial charge in [-0.25, -0.2) is 23.8 Å². The van der Waals surface area contributed by atoms with Crippen molar-refractivity contribution in [3.63, 3.8) is 0 Å². The molecule has 2 atom stereocenters. The first kappa shape index (κ1) is 34.4. The number of nitrogens with zero attached hydrogens (tertiary/aromatic N) is 2. The summed E-state index contributed by atoms with van der Waals surface area (Å²) in [5.74, 6) is -9.04. The fraction of sp³-hybridized carbons (Fsp3) is 0.320. The molecule has 2 heterocycles. The second-order valence-electron chi connectivity index (χ2n) is 10.3. The zero-order valence-corrected chi connectivity index (χ0v) is 25.0. The molecule has 2 aromatic carbocycles. The van der Waals surface area contributed by atoms with Crippen LogP contribution >= 0.6 is 11.6 Å². The molecular weight excluding hydrogens is 660 g/mol. The minimum atomic E-state index is -4.06. The van der Waals surface area contributed by atoms with Crippen molar-refractivity contribution in [2.75, 3.05) is 26.2 Å². The summed E-state index contributed by atoms with van der Waals surface area (Å²) >= 11 is 6.18. The van der Waals surface area contributed by atoms with Crippen LogP contribution in [0.15, 0.2) is 24.3 Å². The lowest BCUT2D eigenvalue weighted by molar-refractivity contribution is -0.153. The van der Waals surface area contributed by atoms with E-state index in [0.717, 1.165) is 23.1 Å². The average molecular weight is 686 g/mol. The van der Waals surface area contributed by atoms with Crippen LogP contribution in [0.1, 0.15) is 33.9 Å². The molecule has 1 saturated heterocycles. The Balaban J connectivity index is 1.55. The van der Waals surface area contributed by atoms with E-state index in [1.54, 1.807) is 0 Å². The quantitative estimate of drug-likeness (QED) is 0.0925. The van der Waals surface area contributed by atoms with Crippen molar-refractivity contribution in [2.45, 2.75) is 24.7 Å². The van der Waals surface area contributed by atoms with Gasteiger partial charge in [0, 0.05) is 44.0 Å². The Morgan fingerprint density at radius 3 is 2.50 bits per heavy atom. The third-order valence-electron chi connectivity index (χ3n) is 7.25. The third-order valence-corrected chi connectivity index (χ3v) is 8.26. The number of carboxylic acids is 1. The second kappa shape index (κ2) is 13.5. The van der Waals surface area contributed by atoms with E-state index < -0.39 is 98.9 Å². The number of rotatable bonds is 10. The summed E-state index contributed by atoms with van der Waals surface area (Å²) in [7, 11) is -5.86. The second-order valence-corrected chi connectivity index (χ2v) is 12.0. The largest absolute Gasteiger partial charge is 0.535 e. The topological polar surface area (TPSA) is 266 Å². The van der Waals surface area contributed by atoms with Crippen molar-refractivity contribution in [3.8, 4) is 17.2 Å². The number of piperazine rings is 1. The number of aromatic carboxylic acids is 1. The molecule has 1 fully saturated rings. The number of ketones is 1. The van der Waals surface area contributed by atoms with Crippen LogP contribution in [-0.2, 0) is 31.0 Å². The number of phenols is 2. The van der Waals surface area contributed by atoms with Gasteiger partial charge in [0.1, 0.15) is 23.2 Å². The fourth-order valence-corrected chi connectivity index (χ4v) is 5.62. The van der Waals surface area contributed by atoms with Crippen LogP contribution in [0.5, 0.6) is 17.2 Å². The number of carbonyl (C=O) groups excluding carboxylic acids is 4. The highest BCUT2D eigenvalue weighted by Gasteiger charge is 2.42.